The van der Waals surface area contributed by atoms with Crippen molar-refractivity contribution in [1.82, 2.24) is 10.3 Å². The molecular formula is C14H22N2O3. The van der Waals surface area contributed by atoms with E-state index in [1.807, 2.05) is 0 Å². The molecule has 1 heterocycles. The lowest BCUT2D eigenvalue weighted by Gasteiger charge is -2.27. The Bertz CT molecular complexity index is 403. The van der Waals surface area contributed by atoms with E-state index in [-0.39, 0.29) is 6.10 Å². The van der Waals surface area contributed by atoms with Crippen molar-refractivity contribution in [2.24, 2.45) is 0 Å². The lowest BCUT2D eigenvalue weighted by Crippen LogP contribution is -2.29. The predicted octanol–water partition coefficient (Wildman–Crippen LogP) is 2.26. The summed E-state index contributed by atoms with van der Waals surface area (Å²) in [6.45, 7) is 0.767. The number of methoxy groups -OCH3 is 1. The van der Waals surface area contributed by atoms with Crippen LogP contribution in [-0.2, 0) is 11.3 Å². The van der Waals surface area contributed by atoms with Gasteiger partial charge in [-0.05, 0) is 32.1 Å². The average Bonchev–Trinajstić information content (AvgIpc) is 3.17. The van der Waals surface area contributed by atoms with Gasteiger partial charge in [-0.2, -0.15) is 4.98 Å². The third kappa shape index (κ3) is 3.70. The third-order valence-corrected chi connectivity index (χ3v) is 3.86. The first-order valence-corrected chi connectivity index (χ1v) is 7.20. The maximum absolute atomic E-state index is 5.80. The van der Waals surface area contributed by atoms with Crippen LogP contribution < -0.4 is 10.1 Å². The number of nitrogens with one attached hydrogen (secondary N) is 1. The van der Waals surface area contributed by atoms with Crippen LogP contribution >= 0.6 is 0 Å². The highest BCUT2D eigenvalue weighted by molar-refractivity contribution is 5.01. The maximum Gasteiger partial charge on any atom is 0.394 e. The molecule has 0 aromatic carbocycles. The molecule has 2 aliphatic carbocycles. The molecule has 0 amide bonds. The van der Waals surface area contributed by atoms with Gasteiger partial charge in [0.2, 0.25) is 0 Å². The molecule has 2 saturated carbocycles. The van der Waals surface area contributed by atoms with Crippen LogP contribution in [0.4, 0.5) is 0 Å². The van der Waals surface area contributed by atoms with Gasteiger partial charge in [0.1, 0.15) is 12.4 Å². The van der Waals surface area contributed by atoms with E-state index in [0.29, 0.717) is 18.2 Å². The molecule has 5 heteroatoms. The summed E-state index contributed by atoms with van der Waals surface area (Å²) >= 11 is 0. The average molecular weight is 266 g/mol. The van der Waals surface area contributed by atoms with Crippen molar-refractivity contribution in [1.29, 1.82) is 0 Å². The van der Waals surface area contributed by atoms with Crippen molar-refractivity contribution in [3.05, 3.63) is 12.0 Å². The van der Waals surface area contributed by atoms with Gasteiger partial charge in [-0.1, -0.05) is 0 Å². The molecule has 0 spiro atoms. The smallest absolute Gasteiger partial charge is 0.394 e. The van der Waals surface area contributed by atoms with Crippen molar-refractivity contribution >= 4 is 0 Å². The highest BCUT2D eigenvalue weighted by Crippen LogP contribution is 2.25. The molecule has 106 valence electrons. The summed E-state index contributed by atoms with van der Waals surface area (Å²) < 4.78 is 16.6. The van der Waals surface area contributed by atoms with Crippen molar-refractivity contribution in [2.75, 3.05) is 7.11 Å². The SMILES string of the molecule is COC1CCCC(Oc2nc(CNC3CC3)co2)C1. The van der Waals surface area contributed by atoms with Gasteiger partial charge in [0.15, 0.2) is 0 Å². The number of aromatic nitrogens is 1. The van der Waals surface area contributed by atoms with Crippen LogP contribution in [0, 0.1) is 0 Å². The quantitative estimate of drug-likeness (QED) is 0.856. The largest absolute Gasteiger partial charge is 0.447 e. The van der Waals surface area contributed by atoms with Gasteiger partial charge >= 0.3 is 6.08 Å². The number of hydrogen-bond acceptors (Lipinski definition) is 5. The molecule has 1 aromatic heterocycles. The zero-order chi connectivity index (χ0) is 13.1. The zero-order valence-electron chi connectivity index (χ0n) is 11.4. The standard InChI is InChI=1S/C14H22N2O3/c1-17-12-3-2-4-13(7-12)19-14-16-11(9-18-14)8-15-10-5-6-10/h9-10,12-13,15H,2-8H2,1H3. The lowest BCUT2D eigenvalue weighted by atomic mass is 9.95. The van der Waals surface area contributed by atoms with Crippen LogP contribution in [0.15, 0.2) is 10.7 Å². The van der Waals surface area contributed by atoms with Crippen LogP contribution in [0.25, 0.3) is 0 Å². The minimum atomic E-state index is 0.168. The summed E-state index contributed by atoms with van der Waals surface area (Å²) in [5, 5.41) is 3.41. The van der Waals surface area contributed by atoms with Crippen molar-refractivity contribution in [3.8, 4) is 6.08 Å². The Hall–Kier alpha value is -1.07. The van der Waals surface area contributed by atoms with Gasteiger partial charge < -0.3 is 19.2 Å². The van der Waals surface area contributed by atoms with Gasteiger partial charge in [0.05, 0.1) is 11.8 Å². The maximum atomic E-state index is 5.80. The van der Waals surface area contributed by atoms with Gasteiger partial charge in [-0.3, -0.25) is 0 Å². The first kappa shape index (κ1) is 12.9. The first-order chi connectivity index (χ1) is 9.33. The number of oxazole rings is 1. The molecule has 1 N–H and O–H groups in total. The second-order valence-electron chi connectivity index (χ2n) is 5.52. The number of nitrogens with zero attached hydrogens (tertiary/aromatic N) is 1. The molecule has 2 aliphatic rings. The molecule has 0 saturated heterocycles. The fourth-order valence-electron chi connectivity index (χ4n) is 2.53. The molecule has 19 heavy (non-hydrogen) atoms. The highest BCUT2D eigenvalue weighted by Gasteiger charge is 2.25. The van der Waals surface area contributed by atoms with Crippen LogP contribution in [0.5, 0.6) is 6.08 Å². The molecule has 1 aromatic rings. The van der Waals surface area contributed by atoms with Gasteiger partial charge in [0.25, 0.3) is 0 Å². The third-order valence-electron chi connectivity index (χ3n) is 3.86. The number of rotatable bonds is 6. The molecule has 2 atom stereocenters. The Balaban J connectivity index is 1.48. The first-order valence-electron chi connectivity index (χ1n) is 7.20. The summed E-state index contributed by atoms with van der Waals surface area (Å²) in [7, 11) is 1.76. The molecular weight excluding hydrogens is 244 g/mol. The van der Waals surface area contributed by atoms with Gasteiger partial charge in [-0.25, -0.2) is 0 Å². The van der Waals surface area contributed by atoms with Crippen LogP contribution in [0.1, 0.15) is 44.2 Å². The molecule has 0 bridgehead atoms. The molecule has 0 radical (unpaired) electrons. The Morgan fingerprint density at radius 3 is 2.95 bits per heavy atom. The molecule has 3 rings (SSSR count). The summed E-state index contributed by atoms with van der Waals surface area (Å²) in [5.74, 6) is 0. The van der Waals surface area contributed by atoms with E-state index in [4.69, 9.17) is 13.9 Å². The van der Waals surface area contributed by atoms with Crippen LogP contribution in [0.3, 0.4) is 0 Å². The monoisotopic (exact) mass is 266 g/mol. The molecule has 0 aliphatic heterocycles. The molecule has 2 unspecified atom stereocenters. The van der Waals surface area contributed by atoms with Gasteiger partial charge in [-0.15, -0.1) is 0 Å². The van der Waals surface area contributed by atoms with E-state index in [1.54, 1.807) is 13.4 Å². The van der Waals surface area contributed by atoms with E-state index in [1.165, 1.54) is 12.8 Å². The Kier molecular flexibility index (Phi) is 4.03. The topological polar surface area (TPSA) is 56.5 Å². The van der Waals surface area contributed by atoms with E-state index in [9.17, 15) is 0 Å². The van der Waals surface area contributed by atoms with E-state index < -0.39 is 0 Å². The van der Waals surface area contributed by atoms with Crippen molar-refractivity contribution in [2.45, 2.75) is 63.3 Å². The molecule has 5 nitrogen and oxygen atoms in total. The van der Waals surface area contributed by atoms with E-state index in [2.05, 4.69) is 10.3 Å². The van der Waals surface area contributed by atoms with Crippen LogP contribution in [0.2, 0.25) is 0 Å². The predicted molar refractivity (Wildman–Crippen MR) is 70.0 cm³/mol. The minimum absolute atomic E-state index is 0.168. The van der Waals surface area contributed by atoms with Crippen LogP contribution in [-0.4, -0.2) is 30.3 Å². The fourth-order valence-corrected chi connectivity index (χ4v) is 2.53. The Morgan fingerprint density at radius 2 is 2.16 bits per heavy atom. The Labute approximate surface area is 113 Å². The Morgan fingerprint density at radius 1 is 1.32 bits per heavy atom. The highest BCUT2D eigenvalue weighted by atomic mass is 16.6. The number of ether oxygens (including phenoxy) is 2. The van der Waals surface area contributed by atoms with E-state index >= 15 is 0 Å². The normalized spacial score (nSPS) is 27.4. The number of hydrogen-bond donors (Lipinski definition) is 1. The molecule has 2 fully saturated rings. The summed E-state index contributed by atoms with van der Waals surface area (Å²) in [5.41, 5.74) is 0.918. The summed E-state index contributed by atoms with van der Waals surface area (Å²) in [4.78, 5) is 4.36. The van der Waals surface area contributed by atoms with Crippen molar-refractivity contribution in [3.63, 3.8) is 0 Å². The van der Waals surface area contributed by atoms with Crippen molar-refractivity contribution < 1.29 is 13.9 Å². The van der Waals surface area contributed by atoms with E-state index in [0.717, 1.165) is 37.9 Å². The second kappa shape index (κ2) is 5.92. The van der Waals surface area contributed by atoms with Gasteiger partial charge in [0, 0.05) is 26.1 Å². The second-order valence-corrected chi connectivity index (χ2v) is 5.52. The zero-order valence-corrected chi connectivity index (χ0v) is 11.4. The minimum Gasteiger partial charge on any atom is -0.447 e. The summed E-state index contributed by atoms with van der Waals surface area (Å²) in [6, 6.07) is 0.682. The summed E-state index contributed by atoms with van der Waals surface area (Å²) in [6.07, 6.45) is 9.36. The lowest BCUT2D eigenvalue weighted by molar-refractivity contribution is 0.0111. The fraction of sp³-hybridized carbons (Fsp3) is 0.786.